The van der Waals surface area contributed by atoms with Gasteiger partial charge in [0, 0.05) is 13.1 Å². The molecule has 1 aliphatic heterocycles. The van der Waals surface area contributed by atoms with Crippen LogP contribution < -0.4 is 0 Å². The van der Waals surface area contributed by atoms with Crippen molar-refractivity contribution in [3.05, 3.63) is 24.4 Å². The highest BCUT2D eigenvalue weighted by Crippen LogP contribution is 2.06. The zero-order valence-electron chi connectivity index (χ0n) is 6.57. The largest absolute Gasteiger partial charge is 0.377 e. The van der Waals surface area contributed by atoms with E-state index in [1.165, 1.54) is 18.9 Å². The van der Waals surface area contributed by atoms with Crippen LogP contribution >= 0.6 is 0 Å². The van der Waals surface area contributed by atoms with Gasteiger partial charge < -0.3 is 4.90 Å². The van der Waals surface area contributed by atoms with Gasteiger partial charge in [-0.2, -0.15) is 0 Å². The molecule has 1 saturated heterocycles. The third-order valence-electron chi connectivity index (χ3n) is 1.74. The van der Waals surface area contributed by atoms with Gasteiger partial charge in [0.2, 0.25) is 0 Å². The predicted molar refractivity (Wildman–Crippen MR) is 45.2 cm³/mol. The molecule has 0 saturated carbocycles. The van der Waals surface area contributed by atoms with Gasteiger partial charge in [-0.05, 0) is 31.2 Å². The predicted octanol–water partition coefficient (Wildman–Crippen LogP) is 1.35. The lowest BCUT2D eigenvalue weighted by atomic mass is 10.4. The molecule has 0 amide bonds. The van der Waals surface area contributed by atoms with Crippen molar-refractivity contribution in [1.82, 2.24) is 4.90 Å². The molecule has 0 bridgehead atoms. The fraction of sp³-hybridized carbons (Fsp3) is 0.444. The smallest absolute Gasteiger partial charge is 0.142 e. The molecular formula is C9H13NO. The third kappa shape index (κ3) is 3.03. The van der Waals surface area contributed by atoms with Crippen molar-refractivity contribution in [3.63, 3.8) is 0 Å². The lowest BCUT2D eigenvalue weighted by Gasteiger charge is -2.08. The molecule has 0 aliphatic carbocycles. The Hall–Kier alpha value is -1.05. The summed E-state index contributed by atoms with van der Waals surface area (Å²) >= 11 is 0. The van der Waals surface area contributed by atoms with Crippen molar-refractivity contribution >= 4 is 6.29 Å². The van der Waals surface area contributed by atoms with Gasteiger partial charge in [0.15, 0.2) is 0 Å². The van der Waals surface area contributed by atoms with Crippen molar-refractivity contribution in [3.8, 4) is 0 Å². The topological polar surface area (TPSA) is 20.3 Å². The van der Waals surface area contributed by atoms with Crippen LogP contribution in [0.4, 0.5) is 0 Å². The fourth-order valence-electron chi connectivity index (χ4n) is 1.17. The Kier molecular flexibility index (Phi) is 3.45. The van der Waals surface area contributed by atoms with Gasteiger partial charge in [-0.25, -0.2) is 0 Å². The summed E-state index contributed by atoms with van der Waals surface area (Å²) < 4.78 is 0. The number of likely N-dealkylation sites (tertiary alicyclic amines) is 1. The van der Waals surface area contributed by atoms with Crippen LogP contribution in [0.2, 0.25) is 0 Å². The molecule has 2 nitrogen and oxygen atoms in total. The first kappa shape index (κ1) is 8.05. The first-order chi connectivity index (χ1) is 5.43. The number of allylic oxidation sites excluding steroid dienone is 3. The highest BCUT2D eigenvalue weighted by Gasteiger charge is 2.04. The van der Waals surface area contributed by atoms with Crippen LogP contribution in [-0.2, 0) is 4.79 Å². The number of hydrogen-bond donors (Lipinski definition) is 0. The second kappa shape index (κ2) is 4.72. The first-order valence-electron chi connectivity index (χ1n) is 3.96. The molecule has 11 heavy (non-hydrogen) atoms. The molecule has 0 radical (unpaired) electrons. The number of aldehydes is 1. The Balaban J connectivity index is 2.22. The molecule has 60 valence electrons. The van der Waals surface area contributed by atoms with E-state index in [1.807, 2.05) is 12.3 Å². The molecule has 1 aliphatic rings. The molecule has 0 aromatic rings. The van der Waals surface area contributed by atoms with E-state index >= 15 is 0 Å². The normalized spacial score (nSPS) is 18.7. The van der Waals surface area contributed by atoms with Crippen LogP contribution in [0, 0.1) is 0 Å². The van der Waals surface area contributed by atoms with E-state index in [9.17, 15) is 4.79 Å². The van der Waals surface area contributed by atoms with E-state index < -0.39 is 0 Å². The van der Waals surface area contributed by atoms with Crippen LogP contribution in [-0.4, -0.2) is 24.3 Å². The first-order valence-corrected chi connectivity index (χ1v) is 3.96. The maximum atomic E-state index is 9.87. The lowest BCUT2D eigenvalue weighted by Crippen LogP contribution is -2.09. The molecule has 0 N–H and O–H groups in total. The number of carbonyl (C=O) groups excluding carboxylic acids is 1. The minimum Gasteiger partial charge on any atom is -0.377 e. The maximum Gasteiger partial charge on any atom is 0.142 e. The molecule has 1 heterocycles. The van der Waals surface area contributed by atoms with Crippen LogP contribution in [0.15, 0.2) is 24.4 Å². The molecule has 1 rings (SSSR count). The van der Waals surface area contributed by atoms with E-state index in [0.29, 0.717) is 0 Å². The second-order valence-corrected chi connectivity index (χ2v) is 2.61. The zero-order valence-corrected chi connectivity index (χ0v) is 6.57. The lowest BCUT2D eigenvalue weighted by molar-refractivity contribution is -0.104. The van der Waals surface area contributed by atoms with E-state index in [1.54, 1.807) is 6.08 Å². The molecule has 0 atom stereocenters. The summed E-state index contributed by atoms with van der Waals surface area (Å²) in [6, 6.07) is 0. The van der Waals surface area contributed by atoms with Crippen molar-refractivity contribution in [1.29, 1.82) is 0 Å². The summed E-state index contributed by atoms with van der Waals surface area (Å²) in [6.45, 7) is 2.32. The van der Waals surface area contributed by atoms with Gasteiger partial charge >= 0.3 is 0 Å². The molecule has 0 aromatic heterocycles. The highest BCUT2D eigenvalue weighted by atomic mass is 16.1. The van der Waals surface area contributed by atoms with Crippen molar-refractivity contribution in [2.75, 3.05) is 13.1 Å². The Labute approximate surface area is 67.2 Å². The fourth-order valence-corrected chi connectivity index (χ4v) is 1.17. The van der Waals surface area contributed by atoms with Crippen LogP contribution in [0.1, 0.15) is 12.8 Å². The minimum atomic E-state index is 0.786. The molecular weight excluding hydrogens is 138 g/mol. The van der Waals surface area contributed by atoms with Gasteiger partial charge in [-0.15, -0.1) is 0 Å². The Morgan fingerprint density at radius 1 is 1.00 bits per heavy atom. The van der Waals surface area contributed by atoms with Gasteiger partial charge in [0.25, 0.3) is 0 Å². The Bertz CT molecular complexity index is 166. The maximum absolute atomic E-state index is 9.87. The van der Waals surface area contributed by atoms with Gasteiger partial charge in [-0.1, -0.05) is 6.08 Å². The molecule has 0 unspecified atom stereocenters. The summed E-state index contributed by atoms with van der Waals surface area (Å²) in [5.74, 6) is 0. The molecule has 0 aromatic carbocycles. The average molecular weight is 151 g/mol. The monoisotopic (exact) mass is 151 g/mol. The van der Waals surface area contributed by atoms with E-state index in [0.717, 1.165) is 19.4 Å². The Morgan fingerprint density at radius 2 is 1.73 bits per heavy atom. The van der Waals surface area contributed by atoms with Crippen LogP contribution in [0.5, 0.6) is 0 Å². The number of nitrogens with zero attached hydrogens (tertiary/aromatic N) is 1. The van der Waals surface area contributed by atoms with E-state index in [4.69, 9.17) is 0 Å². The van der Waals surface area contributed by atoms with Crippen LogP contribution in [0.25, 0.3) is 0 Å². The highest BCUT2D eigenvalue weighted by molar-refractivity contribution is 5.65. The third-order valence-corrected chi connectivity index (χ3v) is 1.74. The van der Waals surface area contributed by atoms with Crippen LogP contribution in [0.3, 0.4) is 0 Å². The second-order valence-electron chi connectivity index (χ2n) is 2.61. The quantitative estimate of drug-likeness (QED) is 0.345. The summed E-state index contributed by atoms with van der Waals surface area (Å²) in [4.78, 5) is 12.1. The number of rotatable bonds is 3. The molecule has 2 heteroatoms. The minimum absolute atomic E-state index is 0.786. The molecule has 1 fully saturated rings. The van der Waals surface area contributed by atoms with E-state index in [2.05, 4.69) is 4.90 Å². The SMILES string of the molecule is O=C/C=C/C=C/N1CCCC1. The van der Waals surface area contributed by atoms with Gasteiger partial charge in [0.05, 0.1) is 0 Å². The van der Waals surface area contributed by atoms with Gasteiger partial charge in [-0.3, -0.25) is 4.79 Å². The zero-order chi connectivity index (χ0) is 7.94. The number of hydrogen-bond acceptors (Lipinski definition) is 2. The standard InChI is InChI=1S/C9H13NO/c11-9-5-1-2-6-10-7-3-4-8-10/h1-2,5-6,9H,3-4,7-8H2/b5-1+,6-2+. The summed E-state index contributed by atoms with van der Waals surface area (Å²) in [7, 11) is 0. The Morgan fingerprint density at radius 3 is 2.36 bits per heavy atom. The molecule has 0 spiro atoms. The number of carbonyl (C=O) groups is 1. The average Bonchev–Trinajstić information content (AvgIpc) is 2.50. The van der Waals surface area contributed by atoms with E-state index in [-0.39, 0.29) is 0 Å². The summed E-state index contributed by atoms with van der Waals surface area (Å²) in [5.41, 5.74) is 0. The summed E-state index contributed by atoms with van der Waals surface area (Å²) in [6.07, 6.45) is 10.6. The van der Waals surface area contributed by atoms with Gasteiger partial charge in [0.1, 0.15) is 6.29 Å². The van der Waals surface area contributed by atoms with Crippen molar-refractivity contribution in [2.24, 2.45) is 0 Å². The van der Waals surface area contributed by atoms with Crippen molar-refractivity contribution in [2.45, 2.75) is 12.8 Å². The summed E-state index contributed by atoms with van der Waals surface area (Å²) in [5, 5.41) is 0. The van der Waals surface area contributed by atoms with Crippen molar-refractivity contribution < 1.29 is 4.79 Å².